The average molecular weight is 250 g/mol. The van der Waals surface area contributed by atoms with Gasteiger partial charge in [0.2, 0.25) is 5.82 Å². The molecule has 1 rings (SSSR count). The van der Waals surface area contributed by atoms with Gasteiger partial charge >= 0.3 is 6.18 Å². The molecule has 0 bridgehead atoms. The maximum Gasteiger partial charge on any atom is 0.451 e. The van der Waals surface area contributed by atoms with Crippen molar-refractivity contribution >= 4 is 0 Å². The van der Waals surface area contributed by atoms with E-state index < -0.39 is 12.0 Å². The summed E-state index contributed by atoms with van der Waals surface area (Å²) < 4.78 is 39.0. The second-order valence-corrected chi connectivity index (χ2v) is 3.77. The lowest BCUT2D eigenvalue weighted by Gasteiger charge is -2.11. The van der Waals surface area contributed by atoms with Gasteiger partial charge in [-0.15, -0.1) is 10.2 Å². The Morgan fingerprint density at radius 1 is 1.18 bits per heavy atom. The average Bonchev–Trinajstić information content (AvgIpc) is 2.62. The van der Waals surface area contributed by atoms with Crippen LogP contribution in [0.3, 0.4) is 0 Å². The van der Waals surface area contributed by atoms with Crippen LogP contribution in [-0.4, -0.2) is 21.3 Å². The maximum absolute atomic E-state index is 12.6. The van der Waals surface area contributed by atoms with E-state index in [0.717, 1.165) is 17.5 Å². The summed E-state index contributed by atoms with van der Waals surface area (Å²) in [6.45, 7) is 5.16. The molecule has 0 unspecified atom stereocenters. The zero-order valence-electron chi connectivity index (χ0n) is 10.0. The minimum absolute atomic E-state index is 0.283. The van der Waals surface area contributed by atoms with Gasteiger partial charge in [-0.3, -0.25) is 0 Å². The maximum atomic E-state index is 12.6. The van der Waals surface area contributed by atoms with Crippen LogP contribution in [0.4, 0.5) is 13.2 Å². The molecular weight excluding hydrogens is 233 g/mol. The first-order valence-corrected chi connectivity index (χ1v) is 5.70. The highest BCUT2D eigenvalue weighted by atomic mass is 19.4. The highest BCUT2D eigenvalue weighted by molar-refractivity contribution is 4.99. The Morgan fingerprint density at radius 3 is 2.41 bits per heavy atom. The number of nitrogens with one attached hydrogen (secondary N) is 1. The van der Waals surface area contributed by atoms with Gasteiger partial charge in [-0.25, -0.2) is 0 Å². The fourth-order valence-corrected chi connectivity index (χ4v) is 1.51. The second kappa shape index (κ2) is 6.00. The third-order valence-electron chi connectivity index (χ3n) is 2.24. The molecule has 0 spiro atoms. The van der Waals surface area contributed by atoms with Gasteiger partial charge < -0.3 is 9.88 Å². The molecule has 0 atom stereocenters. The first kappa shape index (κ1) is 14.0. The fourth-order valence-electron chi connectivity index (χ4n) is 1.51. The molecule has 0 radical (unpaired) electrons. The van der Waals surface area contributed by atoms with Crippen molar-refractivity contribution in [2.24, 2.45) is 0 Å². The van der Waals surface area contributed by atoms with Gasteiger partial charge in [-0.2, -0.15) is 13.2 Å². The number of halogens is 3. The molecule has 0 aliphatic carbocycles. The van der Waals surface area contributed by atoms with Crippen LogP contribution in [-0.2, 0) is 19.3 Å². The van der Waals surface area contributed by atoms with E-state index >= 15 is 0 Å². The van der Waals surface area contributed by atoms with Gasteiger partial charge in [0.25, 0.3) is 0 Å². The molecule has 0 saturated carbocycles. The van der Waals surface area contributed by atoms with Crippen molar-refractivity contribution in [2.45, 2.75) is 46.0 Å². The number of hydrogen-bond acceptors (Lipinski definition) is 3. The minimum Gasteiger partial charge on any atom is -0.310 e. The number of rotatable bonds is 6. The van der Waals surface area contributed by atoms with Gasteiger partial charge in [0.15, 0.2) is 0 Å². The van der Waals surface area contributed by atoms with E-state index in [1.165, 1.54) is 0 Å². The van der Waals surface area contributed by atoms with Gasteiger partial charge in [0.05, 0.1) is 6.54 Å². The van der Waals surface area contributed by atoms with Crippen LogP contribution < -0.4 is 5.32 Å². The van der Waals surface area contributed by atoms with Crippen LogP contribution in [0, 0.1) is 0 Å². The lowest BCUT2D eigenvalue weighted by Crippen LogP contribution is -2.21. The minimum atomic E-state index is -4.44. The molecule has 0 aromatic carbocycles. The Labute approximate surface area is 98.2 Å². The van der Waals surface area contributed by atoms with Crippen LogP contribution in [0.15, 0.2) is 0 Å². The molecule has 1 aromatic rings. The third kappa shape index (κ3) is 3.69. The standard InChI is InChI=1S/C10H17F3N4/c1-3-5-14-7-8-15-16-9(10(11,12)13)17(8)6-4-2/h14H,3-7H2,1-2H3. The molecule has 0 aliphatic heterocycles. The highest BCUT2D eigenvalue weighted by Crippen LogP contribution is 2.28. The van der Waals surface area contributed by atoms with E-state index in [-0.39, 0.29) is 6.54 Å². The van der Waals surface area contributed by atoms with Gasteiger partial charge in [-0.05, 0) is 19.4 Å². The molecule has 98 valence electrons. The Hall–Kier alpha value is -1.11. The van der Waals surface area contributed by atoms with Crippen molar-refractivity contribution in [3.8, 4) is 0 Å². The van der Waals surface area contributed by atoms with Crippen LogP contribution in [0.25, 0.3) is 0 Å². The predicted octanol–water partition coefficient (Wildman–Crippen LogP) is 2.21. The first-order valence-electron chi connectivity index (χ1n) is 5.70. The van der Waals surface area contributed by atoms with Crippen LogP contribution in [0.5, 0.6) is 0 Å². The van der Waals surface area contributed by atoms with Crippen LogP contribution in [0.2, 0.25) is 0 Å². The molecular formula is C10H17F3N4. The summed E-state index contributed by atoms with van der Waals surface area (Å²) in [6.07, 6.45) is -2.90. The van der Waals surface area contributed by atoms with Crippen molar-refractivity contribution in [1.29, 1.82) is 0 Å². The Morgan fingerprint density at radius 2 is 1.88 bits per heavy atom. The number of nitrogens with zero attached hydrogens (tertiary/aromatic N) is 3. The summed E-state index contributed by atoms with van der Waals surface area (Å²) in [7, 11) is 0. The van der Waals surface area contributed by atoms with Crippen molar-refractivity contribution in [3.05, 3.63) is 11.6 Å². The Kier molecular flexibility index (Phi) is 4.92. The zero-order valence-corrected chi connectivity index (χ0v) is 10.0. The monoisotopic (exact) mass is 250 g/mol. The summed E-state index contributed by atoms with van der Waals surface area (Å²) in [5.74, 6) is -0.569. The summed E-state index contributed by atoms with van der Waals surface area (Å²) in [6, 6.07) is 0. The molecule has 17 heavy (non-hydrogen) atoms. The fraction of sp³-hybridized carbons (Fsp3) is 0.800. The summed E-state index contributed by atoms with van der Waals surface area (Å²) in [5, 5.41) is 9.86. The molecule has 4 nitrogen and oxygen atoms in total. The SMILES string of the molecule is CCCNCc1nnc(C(F)(F)F)n1CCC. The molecule has 1 aromatic heterocycles. The second-order valence-electron chi connectivity index (χ2n) is 3.77. The quantitative estimate of drug-likeness (QED) is 0.787. The summed E-state index contributed by atoms with van der Waals surface area (Å²) in [4.78, 5) is 0. The van der Waals surface area contributed by atoms with E-state index in [1.54, 1.807) is 0 Å². The van der Waals surface area contributed by atoms with Crippen molar-refractivity contribution in [2.75, 3.05) is 6.54 Å². The van der Waals surface area contributed by atoms with E-state index in [9.17, 15) is 13.2 Å². The zero-order chi connectivity index (χ0) is 12.9. The predicted molar refractivity (Wildman–Crippen MR) is 57.3 cm³/mol. The summed E-state index contributed by atoms with van der Waals surface area (Å²) >= 11 is 0. The van der Waals surface area contributed by atoms with Crippen molar-refractivity contribution < 1.29 is 13.2 Å². The molecule has 7 heteroatoms. The normalized spacial score (nSPS) is 12.1. The Bertz CT molecular complexity index is 346. The summed E-state index contributed by atoms with van der Waals surface area (Å²) in [5.41, 5.74) is 0. The number of alkyl halides is 3. The van der Waals surface area contributed by atoms with E-state index in [4.69, 9.17) is 0 Å². The van der Waals surface area contributed by atoms with E-state index in [0.29, 0.717) is 18.8 Å². The number of hydrogen-bond donors (Lipinski definition) is 1. The van der Waals surface area contributed by atoms with E-state index in [2.05, 4.69) is 15.5 Å². The largest absolute Gasteiger partial charge is 0.451 e. The molecule has 0 fully saturated rings. The van der Waals surface area contributed by atoms with E-state index in [1.807, 2.05) is 13.8 Å². The molecule has 1 N–H and O–H groups in total. The van der Waals surface area contributed by atoms with Gasteiger partial charge in [0, 0.05) is 6.54 Å². The lowest BCUT2D eigenvalue weighted by molar-refractivity contribution is -0.147. The molecule has 1 heterocycles. The number of aromatic nitrogens is 3. The smallest absolute Gasteiger partial charge is 0.310 e. The Balaban J connectivity index is 2.86. The van der Waals surface area contributed by atoms with Gasteiger partial charge in [-0.1, -0.05) is 13.8 Å². The highest BCUT2D eigenvalue weighted by Gasteiger charge is 2.38. The molecule has 0 amide bonds. The van der Waals surface area contributed by atoms with Crippen LogP contribution in [0.1, 0.15) is 38.3 Å². The molecule has 0 aliphatic rings. The topological polar surface area (TPSA) is 42.7 Å². The van der Waals surface area contributed by atoms with Crippen molar-refractivity contribution in [1.82, 2.24) is 20.1 Å². The van der Waals surface area contributed by atoms with Crippen molar-refractivity contribution in [3.63, 3.8) is 0 Å². The third-order valence-corrected chi connectivity index (χ3v) is 2.24. The van der Waals surface area contributed by atoms with Gasteiger partial charge in [0.1, 0.15) is 5.82 Å². The first-order chi connectivity index (χ1) is 8.00. The lowest BCUT2D eigenvalue weighted by atomic mass is 10.4. The van der Waals surface area contributed by atoms with Crippen LogP contribution >= 0.6 is 0 Å². The molecule has 0 saturated heterocycles.